The molecular formula is C28H24ClNO6. The van der Waals surface area contributed by atoms with Crippen LogP contribution in [0.3, 0.4) is 0 Å². The maximum absolute atomic E-state index is 13.8. The summed E-state index contributed by atoms with van der Waals surface area (Å²) in [4.78, 5) is 29.1. The summed E-state index contributed by atoms with van der Waals surface area (Å²) in [5.41, 5.74) is 1.98. The number of ether oxygens (including phenoxy) is 3. The number of halogens is 1. The number of carbonyl (C=O) groups excluding carboxylic acids is 1. The van der Waals surface area contributed by atoms with Crippen LogP contribution in [-0.2, 0) is 6.42 Å². The van der Waals surface area contributed by atoms with Gasteiger partial charge < -0.3 is 23.5 Å². The normalized spacial score (nSPS) is 14.7. The summed E-state index contributed by atoms with van der Waals surface area (Å²) < 4.78 is 22.6. The quantitative estimate of drug-likeness (QED) is 0.341. The van der Waals surface area contributed by atoms with Crippen LogP contribution in [0.1, 0.15) is 33.3 Å². The van der Waals surface area contributed by atoms with Gasteiger partial charge in [-0.3, -0.25) is 9.59 Å². The number of hydrogen-bond acceptors (Lipinski definition) is 6. The number of methoxy groups -OCH3 is 3. The van der Waals surface area contributed by atoms with E-state index in [0.717, 1.165) is 5.56 Å². The van der Waals surface area contributed by atoms with Crippen molar-refractivity contribution in [1.29, 1.82) is 0 Å². The summed E-state index contributed by atoms with van der Waals surface area (Å²) in [6, 6.07) is 17.4. The number of carbonyl (C=O) groups is 1. The Hall–Kier alpha value is -3.97. The first kappa shape index (κ1) is 23.8. The zero-order valence-corrected chi connectivity index (χ0v) is 20.8. The lowest BCUT2D eigenvalue weighted by molar-refractivity contribution is 0.0729. The Morgan fingerprint density at radius 2 is 1.61 bits per heavy atom. The maximum Gasteiger partial charge on any atom is 0.290 e. The zero-order chi connectivity index (χ0) is 25.4. The highest BCUT2D eigenvalue weighted by atomic mass is 35.5. The molecule has 0 saturated carbocycles. The first-order chi connectivity index (χ1) is 17.5. The summed E-state index contributed by atoms with van der Waals surface area (Å²) in [5, 5.41) is 0.723. The van der Waals surface area contributed by atoms with Crippen molar-refractivity contribution in [2.24, 2.45) is 0 Å². The van der Waals surface area contributed by atoms with Crippen LogP contribution in [0.2, 0.25) is 5.02 Å². The first-order valence-electron chi connectivity index (χ1n) is 11.4. The molecule has 0 N–H and O–H groups in total. The third-order valence-electron chi connectivity index (χ3n) is 6.41. The fraction of sp³-hybridized carbons (Fsp3) is 0.214. The average molecular weight is 506 g/mol. The lowest BCUT2D eigenvalue weighted by Gasteiger charge is -2.26. The molecule has 4 aromatic rings. The number of nitrogens with zero attached hydrogens (tertiary/aromatic N) is 1. The van der Waals surface area contributed by atoms with Crippen molar-refractivity contribution >= 4 is 28.5 Å². The van der Waals surface area contributed by atoms with Gasteiger partial charge in [-0.1, -0.05) is 41.9 Å². The van der Waals surface area contributed by atoms with Crippen molar-refractivity contribution < 1.29 is 23.4 Å². The Bertz CT molecular complexity index is 1490. The molecule has 1 amide bonds. The molecule has 184 valence electrons. The highest BCUT2D eigenvalue weighted by Gasteiger charge is 2.43. The average Bonchev–Trinajstić information content (AvgIpc) is 3.19. The van der Waals surface area contributed by atoms with Crippen LogP contribution in [-0.4, -0.2) is 38.7 Å². The highest BCUT2D eigenvalue weighted by Crippen LogP contribution is 2.45. The van der Waals surface area contributed by atoms with Gasteiger partial charge in [0.05, 0.1) is 38.3 Å². The topological polar surface area (TPSA) is 78.2 Å². The number of benzene rings is 3. The lowest BCUT2D eigenvalue weighted by atomic mass is 9.97. The van der Waals surface area contributed by atoms with Crippen molar-refractivity contribution in [3.8, 4) is 17.2 Å². The zero-order valence-electron chi connectivity index (χ0n) is 20.0. The van der Waals surface area contributed by atoms with Gasteiger partial charge >= 0.3 is 0 Å². The van der Waals surface area contributed by atoms with E-state index in [1.807, 2.05) is 30.3 Å². The fourth-order valence-electron chi connectivity index (χ4n) is 4.72. The summed E-state index contributed by atoms with van der Waals surface area (Å²) in [6.45, 7) is 0.366. The van der Waals surface area contributed by atoms with E-state index < -0.39 is 6.04 Å². The third kappa shape index (κ3) is 3.95. The summed E-state index contributed by atoms with van der Waals surface area (Å²) >= 11 is 6.18. The highest BCUT2D eigenvalue weighted by molar-refractivity contribution is 6.31. The Kier molecular flexibility index (Phi) is 6.33. The molecule has 0 unspecified atom stereocenters. The van der Waals surface area contributed by atoms with Crippen molar-refractivity contribution in [1.82, 2.24) is 4.90 Å². The summed E-state index contributed by atoms with van der Waals surface area (Å²) in [5.74, 6) is 0.935. The van der Waals surface area contributed by atoms with E-state index in [-0.39, 0.29) is 22.7 Å². The van der Waals surface area contributed by atoms with Crippen LogP contribution in [0.5, 0.6) is 17.2 Å². The van der Waals surface area contributed by atoms with Gasteiger partial charge in [-0.15, -0.1) is 0 Å². The maximum atomic E-state index is 13.8. The number of fused-ring (bicyclic) bond motifs is 2. The molecule has 7 nitrogen and oxygen atoms in total. The van der Waals surface area contributed by atoms with Gasteiger partial charge in [0.15, 0.2) is 16.9 Å². The van der Waals surface area contributed by atoms with Crippen LogP contribution in [0.4, 0.5) is 0 Å². The van der Waals surface area contributed by atoms with Gasteiger partial charge in [0.25, 0.3) is 5.91 Å². The Morgan fingerprint density at radius 1 is 0.917 bits per heavy atom. The second-order valence-corrected chi connectivity index (χ2v) is 8.85. The van der Waals surface area contributed by atoms with Gasteiger partial charge in [0.1, 0.15) is 5.58 Å². The molecule has 0 fully saturated rings. The fourth-order valence-corrected chi connectivity index (χ4v) is 4.90. The molecule has 2 heterocycles. The van der Waals surface area contributed by atoms with Gasteiger partial charge in [-0.25, -0.2) is 0 Å². The molecule has 1 aromatic heterocycles. The van der Waals surface area contributed by atoms with E-state index in [4.69, 9.17) is 30.2 Å². The minimum absolute atomic E-state index is 0.0293. The minimum Gasteiger partial charge on any atom is -0.493 e. The van der Waals surface area contributed by atoms with Crippen molar-refractivity contribution in [3.05, 3.63) is 98.4 Å². The predicted molar refractivity (Wildman–Crippen MR) is 137 cm³/mol. The van der Waals surface area contributed by atoms with Crippen LogP contribution in [0.15, 0.2) is 69.9 Å². The van der Waals surface area contributed by atoms with E-state index >= 15 is 0 Å². The van der Waals surface area contributed by atoms with Gasteiger partial charge in [-0.05, 0) is 47.9 Å². The minimum atomic E-state index is -0.718. The monoisotopic (exact) mass is 505 g/mol. The molecule has 1 aliphatic rings. The second kappa shape index (κ2) is 9.59. The van der Waals surface area contributed by atoms with Gasteiger partial charge in [0, 0.05) is 11.6 Å². The third-order valence-corrected chi connectivity index (χ3v) is 6.65. The number of hydrogen-bond donors (Lipinski definition) is 0. The molecule has 1 aliphatic heterocycles. The van der Waals surface area contributed by atoms with E-state index in [1.54, 1.807) is 35.2 Å². The summed E-state index contributed by atoms with van der Waals surface area (Å²) in [6.07, 6.45) is 0.598. The number of rotatable bonds is 7. The van der Waals surface area contributed by atoms with Crippen molar-refractivity contribution in [2.75, 3.05) is 27.9 Å². The molecule has 1 atom stereocenters. The Balaban J connectivity index is 1.71. The molecule has 0 radical (unpaired) electrons. The molecule has 36 heavy (non-hydrogen) atoms. The SMILES string of the molecule is COc1cc([C@H]2c3c(oc4ccc(Cl)cc4c3=O)C(=O)N2CCc2ccccc2)cc(OC)c1OC. The van der Waals surface area contributed by atoms with Crippen LogP contribution in [0, 0.1) is 0 Å². The largest absolute Gasteiger partial charge is 0.493 e. The first-order valence-corrected chi connectivity index (χ1v) is 11.8. The molecule has 3 aromatic carbocycles. The molecule has 8 heteroatoms. The Morgan fingerprint density at radius 3 is 2.25 bits per heavy atom. The molecule has 5 rings (SSSR count). The lowest BCUT2D eigenvalue weighted by Crippen LogP contribution is -2.31. The van der Waals surface area contributed by atoms with Gasteiger partial charge in [-0.2, -0.15) is 0 Å². The van der Waals surface area contributed by atoms with Crippen LogP contribution in [0.25, 0.3) is 11.0 Å². The van der Waals surface area contributed by atoms with Crippen LogP contribution >= 0.6 is 11.6 Å². The van der Waals surface area contributed by atoms with E-state index in [2.05, 4.69) is 0 Å². The standard InChI is InChI=1S/C28H24ClNO6/c1-33-21-13-17(14-22(34-2)26(21)35-3)24-23-25(31)19-15-18(29)9-10-20(19)36-27(23)28(32)30(24)12-11-16-7-5-4-6-8-16/h4-10,13-15,24H,11-12H2,1-3H3/t24-/m0/s1. The Labute approximate surface area is 212 Å². The van der Waals surface area contributed by atoms with E-state index in [0.29, 0.717) is 51.8 Å². The molecule has 0 bridgehead atoms. The van der Waals surface area contributed by atoms with E-state index in [1.165, 1.54) is 21.3 Å². The molecule has 0 saturated heterocycles. The summed E-state index contributed by atoms with van der Waals surface area (Å²) in [7, 11) is 4.56. The second-order valence-electron chi connectivity index (χ2n) is 8.41. The van der Waals surface area contributed by atoms with Crippen molar-refractivity contribution in [2.45, 2.75) is 12.5 Å². The molecule has 0 aliphatic carbocycles. The molecule has 0 spiro atoms. The number of amides is 1. The van der Waals surface area contributed by atoms with Crippen molar-refractivity contribution in [3.63, 3.8) is 0 Å². The van der Waals surface area contributed by atoms with Crippen LogP contribution < -0.4 is 19.6 Å². The van der Waals surface area contributed by atoms with Gasteiger partial charge in [0.2, 0.25) is 11.5 Å². The smallest absolute Gasteiger partial charge is 0.290 e. The predicted octanol–water partition coefficient (Wildman–Crippen LogP) is 5.26. The van der Waals surface area contributed by atoms with E-state index in [9.17, 15) is 9.59 Å². The molecular weight excluding hydrogens is 482 g/mol.